The van der Waals surface area contributed by atoms with Gasteiger partial charge in [0.2, 0.25) is 5.89 Å². The minimum atomic E-state index is -0.111. The quantitative estimate of drug-likeness (QED) is 0.559. The van der Waals surface area contributed by atoms with Gasteiger partial charge in [-0.2, -0.15) is 0 Å². The van der Waals surface area contributed by atoms with Crippen molar-refractivity contribution in [3.63, 3.8) is 0 Å². The predicted molar refractivity (Wildman–Crippen MR) is 132 cm³/mol. The van der Waals surface area contributed by atoms with E-state index in [4.69, 9.17) is 4.42 Å². The molecule has 0 bridgehead atoms. The van der Waals surface area contributed by atoms with Crippen LogP contribution in [0.15, 0.2) is 71.3 Å². The maximum Gasteiger partial charge on any atom is 0.273 e. The minimum Gasteiger partial charge on any atom is -0.447 e. The highest BCUT2D eigenvalue weighted by Gasteiger charge is 2.27. The first-order valence-electron chi connectivity index (χ1n) is 12.6. The lowest BCUT2D eigenvalue weighted by molar-refractivity contribution is 0.0921. The highest BCUT2D eigenvalue weighted by molar-refractivity contribution is 5.92. The van der Waals surface area contributed by atoms with Gasteiger partial charge in [-0.1, -0.05) is 79.9 Å². The van der Waals surface area contributed by atoms with E-state index in [-0.39, 0.29) is 18.0 Å². The highest BCUT2D eigenvalue weighted by atomic mass is 16.3. The van der Waals surface area contributed by atoms with E-state index < -0.39 is 0 Å². The number of carbonyl (C=O) groups excluding carboxylic acids is 1. The Morgan fingerprint density at radius 3 is 2.15 bits per heavy atom. The van der Waals surface area contributed by atoms with Gasteiger partial charge in [0.05, 0.1) is 12.6 Å². The van der Waals surface area contributed by atoms with Crippen LogP contribution in [0.3, 0.4) is 0 Å². The van der Waals surface area contributed by atoms with Gasteiger partial charge in [0, 0.05) is 32.2 Å². The molecule has 6 nitrogen and oxygen atoms in total. The second-order valence-electron chi connectivity index (χ2n) is 9.47. The number of oxazole rings is 1. The molecule has 1 aliphatic heterocycles. The first-order chi connectivity index (χ1) is 16.8. The Kier molecular flexibility index (Phi) is 7.37. The maximum atomic E-state index is 12.6. The van der Waals surface area contributed by atoms with Crippen LogP contribution in [-0.4, -0.2) is 52.9 Å². The van der Waals surface area contributed by atoms with Crippen molar-refractivity contribution in [3.05, 3.63) is 89.6 Å². The lowest BCUT2D eigenvalue weighted by Crippen LogP contribution is -2.47. The molecule has 2 fully saturated rings. The molecular weight excluding hydrogens is 424 g/mol. The van der Waals surface area contributed by atoms with Crippen molar-refractivity contribution in [1.29, 1.82) is 0 Å². The van der Waals surface area contributed by atoms with Crippen molar-refractivity contribution in [2.24, 2.45) is 0 Å². The fraction of sp³-hybridized carbons (Fsp3) is 0.429. The average Bonchev–Trinajstić information content (AvgIpc) is 3.36. The van der Waals surface area contributed by atoms with Gasteiger partial charge in [-0.15, -0.1) is 0 Å². The Balaban J connectivity index is 1.18. The maximum absolute atomic E-state index is 12.6. The Hall–Kier alpha value is -2.96. The summed E-state index contributed by atoms with van der Waals surface area (Å²) in [5.74, 6) is 0.505. The number of nitrogens with one attached hydrogen (secondary N) is 1. The molecule has 1 N–H and O–H groups in total. The summed E-state index contributed by atoms with van der Waals surface area (Å²) in [6, 6.07) is 22.0. The molecule has 2 aromatic carbocycles. The molecule has 5 rings (SSSR count). The normalized spacial score (nSPS) is 18.3. The van der Waals surface area contributed by atoms with Crippen LogP contribution >= 0.6 is 0 Å². The number of rotatable bonds is 7. The van der Waals surface area contributed by atoms with Gasteiger partial charge in [-0.3, -0.25) is 14.6 Å². The van der Waals surface area contributed by atoms with Crippen LogP contribution in [-0.2, 0) is 6.54 Å². The third kappa shape index (κ3) is 5.57. The van der Waals surface area contributed by atoms with Crippen LogP contribution in [0.1, 0.15) is 65.7 Å². The average molecular weight is 459 g/mol. The molecule has 6 heteroatoms. The van der Waals surface area contributed by atoms with Gasteiger partial charge in [0.1, 0.15) is 6.26 Å². The van der Waals surface area contributed by atoms with E-state index in [9.17, 15) is 4.79 Å². The molecule has 0 unspecified atom stereocenters. The number of amides is 1. The molecule has 2 aliphatic rings. The van der Waals surface area contributed by atoms with E-state index in [0.717, 1.165) is 39.0 Å². The summed E-state index contributed by atoms with van der Waals surface area (Å²) in [5.41, 5.74) is 3.04. The Labute approximate surface area is 202 Å². The minimum absolute atomic E-state index is 0.111. The fourth-order valence-electron chi connectivity index (χ4n) is 5.25. The van der Waals surface area contributed by atoms with Crippen molar-refractivity contribution < 1.29 is 9.21 Å². The Bertz CT molecular complexity index is 999. The van der Waals surface area contributed by atoms with Crippen molar-refractivity contribution >= 4 is 5.91 Å². The summed E-state index contributed by atoms with van der Waals surface area (Å²) in [6.07, 6.45) is 7.28. The summed E-state index contributed by atoms with van der Waals surface area (Å²) >= 11 is 0. The van der Waals surface area contributed by atoms with E-state index >= 15 is 0 Å². The van der Waals surface area contributed by atoms with Crippen LogP contribution in [0, 0.1) is 0 Å². The number of benzene rings is 2. The van der Waals surface area contributed by atoms with Gasteiger partial charge in [-0.25, -0.2) is 4.98 Å². The van der Waals surface area contributed by atoms with E-state index in [1.54, 1.807) is 0 Å². The van der Waals surface area contributed by atoms with Gasteiger partial charge >= 0.3 is 0 Å². The zero-order valence-corrected chi connectivity index (χ0v) is 19.7. The number of hydrogen-bond acceptors (Lipinski definition) is 5. The van der Waals surface area contributed by atoms with Crippen molar-refractivity contribution in [2.45, 2.75) is 50.7 Å². The van der Waals surface area contributed by atoms with Crippen LogP contribution in [0.4, 0.5) is 0 Å². The molecule has 0 spiro atoms. The predicted octanol–water partition coefficient (Wildman–Crippen LogP) is 4.64. The first-order valence-corrected chi connectivity index (χ1v) is 12.6. The number of aromatic nitrogens is 1. The largest absolute Gasteiger partial charge is 0.447 e. The van der Waals surface area contributed by atoms with Crippen LogP contribution in [0.2, 0.25) is 0 Å². The molecule has 1 saturated heterocycles. The molecule has 178 valence electrons. The Morgan fingerprint density at radius 2 is 1.53 bits per heavy atom. The lowest BCUT2D eigenvalue weighted by Gasteiger charge is -2.39. The standard InChI is InChI=1S/C28H34N4O2/c33-28(29-24-14-8-3-9-15-24)25-21-34-26(30-25)20-31-16-18-32(19-17-31)27(22-10-4-1-5-11-22)23-12-6-2-7-13-23/h1-2,4-7,10-13,21,24,27H,3,8-9,14-20H2,(H,29,33). The van der Waals surface area contributed by atoms with Gasteiger partial charge in [0.15, 0.2) is 5.69 Å². The van der Waals surface area contributed by atoms with Crippen molar-refractivity contribution in [2.75, 3.05) is 26.2 Å². The second-order valence-corrected chi connectivity index (χ2v) is 9.47. The first kappa shape index (κ1) is 22.8. The summed E-state index contributed by atoms with van der Waals surface area (Å²) in [4.78, 5) is 22.0. The zero-order valence-electron chi connectivity index (χ0n) is 19.7. The third-order valence-electron chi connectivity index (χ3n) is 7.09. The zero-order chi connectivity index (χ0) is 23.2. The van der Waals surface area contributed by atoms with Crippen molar-refractivity contribution in [3.8, 4) is 0 Å². The van der Waals surface area contributed by atoms with Crippen LogP contribution < -0.4 is 5.32 Å². The molecule has 1 aliphatic carbocycles. The molecule has 0 radical (unpaired) electrons. The number of carbonyl (C=O) groups is 1. The molecule has 0 atom stereocenters. The SMILES string of the molecule is O=C(NC1CCCCC1)c1coc(CN2CCN(C(c3ccccc3)c3ccccc3)CC2)n1. The molecule has 3 aromatic rings. The molecular formula is C28H34N4O2. The molecule has 1 saturated carbocycles. The second kappa shape index (κ2) is 11.0. The monoisotopic (exact) mass is 458 g/mol. The van der Waals surface area contributed by atoms with E-state index in [1.165, 1.54) is 36.7 Å². The van der Waals surface area contributed by atoms with E-state index in [2.05, 4.69) is 80.8 Å². The smallest absolute Gasteiger partial charge is 0.273 e. The summed E-state index contributed by atoms with van der Waals surface area (Å²) in [7, 11) is 0. The Morgan fingerprint density at radius 1 is 0.912 bits per heavy atom. The number of hydrogen-bond donors (Lipinski definition) is 1. The highest BCUT2D eigenvalue weighted by Crippen LogP contribution is 2.29. The van der Waals surface area contributed by atoms with E-state index in [1.807, 2.05) is 0 Å². The third-order valence-corrected chi connectivity index (χ3v) is 7.09. The van der Waals surface area contributed by atoms with Crippen LogP contribution in [0.25, 0.3) is 0 Å². The molecule has 1 amide bonds. The molecule has 1 aromatic heterocycles. The van der Waals surface area contributed by atoms with Crippen molar-refractivity contribution in [1.82, 2.24) is 20.1 Å². The summed E-state index contributed by atoms with van der Waals surface area (Å²) in [6.45, 7) is 4.42. The fourth-order valence-corrected chi connectivity index (χ4v) is 5.25. The van der Waals surface area contributed by atoms with Gasteiger partial charge < -0.3 is 9.73 Å². The summed E-state index contributed by atoms with van der Waals surface area (Å²) < 4.78 is 5.66. The van der Waals surface area contributed by atoms with Gasteiger partial charge in [-0.05, 0) is 24.0 Å². The summed E-state index contributed by atoms with van der Waals surface area (Å²) in [5, 5.41) is 3.12. The van der Waals surface area contributed by atoms with E-state index in [0.29, 0.717) is 18.1 Å². The topological polar surface area (TPSA) is 61.6 Å². The number of piperazine rings is 1. The number of nitrogens with zero attached hydrogens (tertiary/aromatic N) is 3. The molecule has 2 heterocycles. The van der Waals surface area contributed by atoms with Crippen LogP contribution in [0.5, 0.6) is 0 Å². The molecule has 34 heavy (non-hydrogen) atoms. The lowest BCUT2D eigenvalue weighted by atomic mass is 9.95. The van der Waals surface area contributed by atoms with Gasteiger partial charge in [0.25, 0.3) is 5.91 Å².